The Kier molecular flexibility index (Phi) is 3.86. The summed E-state index contributed by atoms with van der Waals surface area (Å²) in [5.74, 6) is 0.532. The van der Waals surface area contributed by atoms with Gasteiger partial charge in [0.1, 0.15) is 0 Å². The molecule has 18 heavy (non-hydrogen) atoms. The summed E-state index contributed by atoms with van der Waals surface area (Å²) in [4.78, 5) is 11.8. The molecule has 0 bridgehead atoms. The minimum atomic E-state index is -0.0415. The smallest absolute Gasteiger partial charge is 0.225 e. The van der Waals surface area contributed by atoms with E-state index in [1.807, 2.05) is 6.92 Å². The first-order valence-corrected chi connectivity index (χ1v) is 6.28. The first-order chi connectivity index (χ1) is 8.58. The molecule has 1 atom stereocenters. The molecular weight excluding hydrogens is 232 g/mol. The largest absolute Gasteiger partial charge is 0.394 e. The molecule has 0 saturated carbocycles. The molecule has 1 aromatic rings. The van der Waals surface area contributed by atoms with Gasteiger partial charge in [-0.05, 0) is 26.2 Å². The van der Waals surface area contributed by atoms with E-state index in [0.717, 1.165) is 31.6 Å². The summed E-state index contributed by atoms with van der Waals surface area (Å²) in [7, 11) is 1.76. The maximum Gasteiger partial charge on any atom is 0.225 e. The Balaban J connectivity index is 1.86. The number of carbonyl (C=O) groups excluding carboxylic acids is 1. The van der Waals surface area contributed by atoms with E-state index in [0.29, 0.717) is 17.9 Å². The van der Waals surface area contributed by atoms with E-state index in [4.69, 9.17) is 10.5 Å². The number of aryl methyl sites for hydroxylation is 2. The van der Waals surface area contributed by atoms with Crippen molar-refractivity contribution in [1.82, 2.24) is 9.78 Å². The summed E-state index contributed by atoms with van der Waals surface area (Å²) in [5.41, 5.74) is 7.11. The number of hydrogen-bond donors (Lipinski definition) is 2. The zero-order valence-electron chi connectivity index (χ0n) is 10.9. The number of rotatable bonds is 4. The molecule has 0 spiro atoms. The lowest BCUT2D eigenvalue weighted by Crippen LogP contribution is -2.17. The maximum absolute atomic E-state index is 11.8. The summed E-state index contributed by atoms with van der Waals surface area (Å²) in [6.07, 6.45) is 3.61. The highest BCUT2D eigenvalue weighted by molar-refractivity contribution is 5.93. The average molecular weight is 252 g/mol. The zero-order valence-corrected chi connectivity index (χ0v) is 10.9. The van der Waals surface area contributed by atoms with Crippen molar-refractivity contribution < 1.29 is 9.53 Å². The minimum Gasteiger partial charge on any atom is -0.394 e. The third kappa shape index (κ3) is 2.81. The third-order valence-electron chi connectivity index (χ3n) is 3.24. The van der Waals surface area contributed by atoms with Crippen molar-refractivity contribution in [3.63, 3.8) is 0 Å². The quantitative estimate of drug-likeness (QED) is 0.843. The van der Waals surface area contributed by atoms with Gasteiger partial charge in [-0.3, -0.25) is 9.48 Å². The fourth-order valence-corrected chi connectivity index (χ4v) is 2.18. The number of ether oxygens (including phenoxy) is 1. The lowest BCUT2D eigenvalue weighted by atomic mass is 10.1. The minimum absolute atomic E-state index is 0.0415. The number of amides is 1. The molecule has 0 aliphatic carbocycles. The molecule has 2 rings (SSSR count). The van der Waals surface area contributed by atoms with Crippen molar-refractivity contribution in [2.45, 2.75) is 38.7 Å². The number of aromatic nitrogens is 2. The number of nitrogens with zero attached hydrogens (tertiary/aromatic N) is 2. The normalized spacial score (nSPS) is 19.1. The fraction of sp³-hybridized carbons (Fsp3) is 0.667. The molecule has 2 heterocycles. The van der Waals surface area contributed by atoms with Crippen LogP contribution < -0.4 is 11.1 Å². The Labute approximate surface area is 106 Å². The molecular formula is C12H20N4O2. The molecule has 1 amide bonds. The van der Waals surface area contributed by atoms with Crippen LogP contribution in [-0.2, 0) is 16.6 Å². The first kappa shape index (κ1) is 12.9. The van der Waals surface area contributed by atoms with Gasteiger partial charge >= 0.3 is 0 Å². The summed E-state index contributed by atoms with van der Waals surface area (Å²) < 4.78 is 7.07. The van der Waals surface area contributed by atoms with E-state index in [1.54, 1.807) is 11.7 Å². The van der Waals surface area contributed by atoms with Crippen LogP contribution >= 0.6 is 0 Å². The molecule has 1 aromatic heterocycles. The number of hydrogen-bond acceptors (Lipinski definition) is 4. The molecule has 6 nitrogen and oxygen atoms in total. The van der Waals surface area contributed by atoms with Crippen molar-refractivity contribution in [3.05, 3.63) is 5.69 Å². The van der Waals surface area contributed by atoms with E-state index in [2.05, 4.69) is 10.4 Å². The Bertz CT molecular complexity index is 436. The van der Waals surface area contributed by atoms with E-state index in [-0.39, 0.29) is 12.0 Å². The summed E-state index contributed by atoms with van der Waals surface area (Å²) >= 11 is 0. The number of anilines is 2. The highest BCUT2D eigenvalue weighted by atomic mass is 16.5. The Morgan fingerprint density at radius 3 is 3.00 bits per heavy atom. The van der Waals surface area contributed by atoms with Crippen molar-refractivity contribution in [2.75, 3.05) is 17.7 Å². The second-order valence-electron chi connectivity index (χ2n) is 4.69. The van der Waals surface area contributed by atoms with E-state index >= 15 is 0 Å². The van der Waals surface area contributed by atoms with Gasteiger partial charge in [0.05, 0.1) is 17.5 Å². The molecule has 1 aliphatic heterocycles. The van der Waals surface area contributed by atoms with Crippen LogP contribution in [0.15, 0.2) is 0 Å². The topological polar surface area (TPSA) is 82.2 Å². The van der Waals surface area contributed by atoms with Crippen molar-refractivity contribution in [3.8, 4) is 0 Å². The van der Waals surface area contributed by atoms with Crippen LogP contribution in [0.3, 0.4) is 0 Å². The summed E-state index contributed by atoms with van der Waals surface area (Å²) in [6.45, 7) is 2.64. The Morgan fingerprint density at radius 2 is 2.44 bits per heavy atom. The van der Waals surface area contributed by atoms with Crippen LogP contribution in [0.25, 0.3) is 0 Å². The lowest BCUT2D eigenvalue weighted by molar-refractivity contribution is -0.116. The van der Waals surface area contributed by atoms with Crippen LogP contribution in [-0.4, -0.2) is 28.4 Å². The van der Waals surface area contributed by atoms with E-state index in [1.165, 1.54) is 0 Å². The zero-order chi connectivity index (χ0) is 13.1. The van der Waals surface area contributed by atoms with Crippen LogP contribution in [0.1, 0.15) is 31.4 Å². The van der Waals surface area contributed by atoms with Crippen LogP contribution in [0, 0.1) is 6.92 Å². The van der Waals surface area contributed by atoms with Gasteiger partial charge in [-0.2, -0.15) is 5.10 Å². The molecule has 3 N–H and O–H groups in total. The highest BCUT2D eigenvalue weighted by Crippen LogP contribution is 2.22. The standard InChI is InChI=1S/C12H20N4O2/c1-8-11(13)12(16(2)15-8)14-10(17)6-5-9-4-3-7-18-9/h9H,3-7,13H2,1-2H3,(H,14,17). The van der Waals surface area contributed by atoms with Crippen LogP contribution in [0.4, 0.5) is 11.5 Å². The van der Waals surface area contributed by atoms with Crippen molar-refractivity contribution in [2.24, 2.45) is 7.05 Å². The monoisotopic (exact) mass is 252 g/mol. The fourth-order valence-electron chi connectivity index (χ4n) is 2.18. The molecule has 6 heteroatoms. The lowest BCUT2D eigenvalue weighted by Gasteiger charge is -2.10. The van der Waals surface area contributed by atoms with E-state index in [9.17, 15) is 4.79 Å². The molecule has 100 valence electrons. The number of nitrogens with one attached hydrogen (secondary N) is 1. The van der Waals surface area contributed by atoms with Gasteiger partial charge in [0.25, 0.3) is 0 Å². The SMILES string of the molecule is Cc1nn(C)c(NC(=O)CCC2CCCO2)c1N. The van der Waals surface area contributed by atoms with E-state index < -0.39 is 0 Å². The predicted octanol–water partition coefficient (Wildman–Crippen LogP) is 1.21. The van der Waals surface area contributed by atoms with Crippen LogP contribution in [0.5, 0.6) is 0 Å². The number of nitrogen functional groups attached to an aromatic ring is 1. The predicted molar refractivity (Wildman–Crippen MR) is 69.2 cm³/mol. The maximum atomic E-state index is 11.8. The van der Waals surface area contributed by atoms with Gasteiger partial charge in [0.15, 0.2) is 5.82 Å². The number of nitrogens with two attached hydrogens (primary N) is 1. The second-order valence-corrected chi connectivity index (χ2v) is 4.69. The first-order valence-electron chi connectivity index (χ1n) is 6.28. The highest BCUT2D eigenvalue weighted by Gasteiger charge is 2.18. The summed E-state index contributed by atoms with van der Waals surface area (Å²) in [6, 6.07) is 0. The molecule has 0 aromatic carbocycles. The van der Waals surface area contributed by atoms with Gasteiger partial charge in [-0.15, -0.1) is 0 Å². The summed E-state index contributed by atoms with van der Waals surface area (Å²) in [5, 5.41) is 6.96. The Hall–Kier alpha value is -1.56. The Morgan fingerprint density at radius 1 is 1.67 bits per heavy atom. The molecule has 1 fully saturated rings. The molecule has 0 radical (unpaired) electrons. The third-order valence-corrected chi connectivity index (χ3v) is 3.24. The molecule has 1 aliphatic rings. The molecule has 1 unspecified atom stereocenters. The van der Waals surface area contributed by atoms with Crippen LogP contribution in [0.2, 0.25) is 0 Å². The van der Waals surface area contributed by atoms with Gasteiger partial charge < -0.3 is 15.8 Å². The van der Waals surface area contributed by atoms with Gasteiger partial charge in [0.2, 0.25) is 5.91 Å². The molecule has 1 saturated heterocycles. The van der Waals surface area contributed by atoms with Crippen molar-refractivity contribution >= 4 is 17.4 Å². The van der Waals surface area contributed by atoms with Crippen molar-refractivity contribution in [1.29, 1.82) is 0 Å². The second kappa shape index (κ2) is 5.39. The van der Waals surface area contributed by atoms with Gasteiger partial charge in [-0.25, -0.2) is 0 Å². The average Bonchev–Trinajstić information content (AvgIpc) is 2.92. The number of carbonyl (C=O) groups is 1. The van der Waals surface area contributed by atoms with Gasteiger partial charge in [-0.1, -0.05) is 0 Å². The van der Waals surface area contributed by atoms with Gasteiger partial charge in [0, 0.05) is 20.1 Å².